The van der Waals surface area contributed by atoms with Gasteiger partial charge < -0.3 is 10.1 Å². The predicted octanol–water partition coefficient (Wildman–Crippen LogP) is 4.49. The van der Waals surface area contributed by atoms with Gasteiger partial charge in [-0.15, -0.1) is 12.4 Å². The van der Waals surface area contributed by atoms with E-state index in [1.54, 1.807) is 0 Å². The van der Waals surface area contributed by atoms with Gasteiger partial charge in [-0.1, -0.05) is 57.2 Å². The predicted molar refractivity (Wildman–Crippen MR) is 83.3 cm³/mol. The summed E-state index contributed by atoms with van der Waals surface area (Å²) >= 11 is 0. The van der Waals surface area contributed by atoms with Crippen LogP contribution in [0.25, 0.3) is 0 Å². The van der Waals surface area contributed by atoms with Crippen molar-refractivity contribution in [2.75, 3.05) is 13.2 Å². The van der Waals surface area contributed by atoms with E-state index in [1.165, 1.54) is 44.1 Å². The van der Waals surface area contributed by atoms with Crippen LogP contribution in [0.2, 0.25) is 0 Å². The van der Waals surface area contributed by atoms with E-state index in [4.69, 9.17) is 4.74 Å². The molecule has 1 aliphatic rings. The van der Waals surface area contributed by atoms with E-state index < -0.39 is 0 Å². The normalized spacial score (nSPS) is 16.6. The summed E-state index contributed by atoms with van der Waals surface area (Å²) < 4.78 is 5.66. The molecule has 1 heterocycles. The van der Waals surface area contributed by atoms with Crippen LogP contribution in [0.3, 0.4) is 0 Å². The molecule has 2 rings (SSSR count). The highest BCUT2D eigenvalue weighted by Gasteiger charge is 2.22. The number of benzene rings is 1. The minimum Gasteiger partial charge on any atom is -0.491 e. The van der Waals surface area contributed by atoms with Crippen LogP contribution in [-0.4, -0.2) is 13.2 Å². The summed E-state index contributed by atoms with van der Waals surface area (Å²) in [6, 6.07) is 8.75. The molecule has 1 unspecified atom stereocenters. The van der Waals surface area contributed by atoms with E-state index in [2.05, 4.69) is 30.4 Å². The van der Waals surface area contributed by atoms with Gasteiger partial charge in [0, 0.05) is 5.56 Å². The Hall–Kier alpha value is -0.730. The SMILES string of the molecule is CCCCCCCCNC1COc2ccccc21.Cl. The van der Waals surface area contributed by atoms with Crippen LogP contribution >= 0.6 is 12.4 Å². The van der Waals surface area contributed by atoms with Gasteiger partial charge in [-0.05, 0) is 19.0 Å². The first-order valence-electron chi connectivity index (χ1n) is 7.37. The van der Waals surface area contributed by atoms with Gasteiger partial charge >= 0.3 is 0 Å². The van der Waals surface area contributed by atoms with Crippen molar-refractivity contribution in [1.82, 2.24) is 5.32 Å². The largest absolute Gasteiger partial charge is 0.491 e. The number of hydrogen-bond donors (Lipinski definition) is 1. The minimum atomic E-state index is 0. The van der Waals surface area contributed by atoms with Gasteiger partial charge in [-0.2, -0.15) is 0 Å². The standard InChI is InChI=1S/C16H25NO.ClH/c1-2-3-4-5-6-9-12-17-15-13-18-16-11-8-7-10-14(15)16;/h7-8,10-11,15,17H,2-6,9,12-13H2,1H3;1H. The van der Waals surface area contributed by atoms with Crippen LogP contribution in [-0.2, 0) is 0 Å². The van der Waals surface area contributed by atoms with Gasteiger partial charge in [0.05, 0.1) is 6.04 Å². The summed E-state index contributed by atoms with van der Waals surface area (Å²) in [5.74, 6) is 1.05. The molecule has 0 saturated carbocycles. The van der Waals surface area contributed by atoms with Crippen LogP contribution in [0.15, 0.2) is 24.3 Å². The van der Waals surface area contributed by atoms with Crippen LogP contribution in [0.4, 0.5) is 0 Å². The Balaban J connectivity index is 0.00000180. The third-order valence-corrected chi connectivity index (χ3v) is 3.62. The third kappa shape index (κ3) is 5.04. The summed E-state index contributed by atoms with van der Waals surface area (Å²) in [5, 5.41) is 3.60. The minimum absolute atomic E-state index is 0. The van der Waals surface area contributed by atoms with Crippen molar-refractivity contribution in [3.05, 3.63) is 29.8 Å². The Bertz CT molecular complexity index is 356. The monoisotopic (exact) mass is 283 g/mol. The maximum atomic E-state index is 5.66. The smallest absolute Gasteiger partial charge is 0.124 e. The Labute approximate surface area is 123 Å². The average molecular weight is 284 g/mol. The zero-order valence-corrected chi connectivity index (χ0v) is 12.7. The first-order chi connectivity index (χ1) is 8.92. The van der Waals surface area contributed by atoms with E-state index in [-0.39, 0.29) is 12.4 Å². The number of ether oxygens (including phenoxy) is 1. The second-order valence-electron chi connectivity index (χ2n) is 5.12. The van der Waals surface area contributed by atoms with E-state index in [1.807, 2.05) is 6.07 Å². The quantitative estimate of drug-likeness (QED) is 0.710. The third-order valence-electron chi connectivity index (χ3n) is 3.62. The number of halogens is 1. The van der Waals surface area contributed by atoms with Crippen LogP contribution in [0.1, 0.15) is 57.1 Å². The summed E-state index contributed by atoms with van der Waals surface area (Å²) in [4.78, 5) is 0. The lowest BCUT2D eigenvalue weighted by Gasteiger charge is -2.11. The molecule has 0 aliphatic carbocycles. The zero-order valence-electron chi connectivity index (χ0n) is 11.9. The Morgan fingerprint density at radius 1 is 1.11 bits per heavy atom. The first-order valence-corrected chi connectivity index (χ1v) is 7.37. The van der Waals surface area contributed by atoms with Crippen LogP contribution in [0, 0.1) is 0 Å². The molecule has 1 aliphatic heterocycles. The average Bonchev–Trinajstić information content (AvgIpc) is 2.81. The molecule has 2 nitrogen and oxygen atoms in total. The highest BCUT2D eigenvalue weighted by molar-refractivity contribution is 5.85. The number of para-hydroxylation sites is 1. The van der Waals surface area contributed by atoms with E-state index in [0.717, 1.165) is 18.9 Å². The number of hydrogen-bond acceptors (Lipinski definition) is 2. The summed E-state index contributed by atoms with van der Waals surface area (Å²) in [5.41, 5.74) is 1.32. The summed E-state index contributed by atoms with van der Waals surface area (Å²) in [6.45, 7) is 4.16. The van der Waals surface area contributed by atoms with Gasteiger partial charge in [-0.25, -0.2) is 0 Å². The van der Waals surface area contributed by atoms with Gasteiger partial charge in [-0.3, -0.25) is 0 Å². The van der Waals surface area contributed by atoms with E-state index >= 15 is 0 Å². The second-order valence-corrected chi connectivity index (χ2v) is 5.12. The number of rotatable bonds is 8. The molecule has 0 radical (unpaired) electrons. The molecule has 1 aromatic rings. The fraction of sp³-hybridized carbons (Fsp3) is 0.625. The van der Waals surface area contributed by atoms with Crippen molar-refractivity contribution < 1.29 is 4.74 Å². The van der Waals surface area contributed by atoms with Crippen molar-refractivity contribution >= 4 is 12.4 Å². The number of nitrogens with one attached hydrogen (secondary N) is 1. The van der Waals surface area contributed by atoms with Crippen molar-refractivity contribution in [3.8, 4) is 5.75 Å². The second kappa shape index (κ2) is 9.22. The van der Waals surface area contributed by atoms with Gasteiger partial charge in [0.2, 0.25) is 0 Å². The summed E-state index contributed by atoms with van der Waals surface area (Å²) in [7, 11) is 0. The molecule has 0 spiro atoms. The fourth-order valence-electron chi connectivity index (χ4n) is 2.51. The van der Waals surface area contributed by atoms with Crippen molar-refractivity contribution in [2.24, 2.45) is 0 Å². The van der Waals surface area contributed by atoms with Crippen LogP contribution in [0.5, 0.6) is 5.75 Å². The fourth-order valence-corrected chi connectivity index (χ4v) is 2.51. The highest BCUT2D eigenvalue weighted by Crippen LogP contribution is 2.31. The highest BCUT2D eigenvalue weighted by atomic mass is 35.5. The molecule has 108 valence electrons. The maximum Gasteiger partial charge on any atom is 0.124 e. The topological polar surface area (TPSA) is 21.3 Å². The van der Waals surface area contributed by atoms with Crippen molar-refractivity contribution in [3.63, 3.8) is 0 Å². The van der Waals surface area contributed by atoms with E-state index in [9.17, 15) is 0 Å². The molecular formula is C16H26ClNO. The van der Waals surface area contributed by atoms with E-state index in [0.29, 0.717) is 6.04 Å². The molecule has 3 heteroatoms. The molecule has 0 fully saturated rings. The molecule has 0 saturated heterocycles. The number of fused-ring (bicyclic) bond motifs is 1. The van der Waals surface area contributed by atoms with Crippen molar-refractivity contribution in [1.29, 1.82) is 0 Å². The lowest BCUT2D eigenvalue weighted by molar-refractivity contribution is 0.310. The number of unbranched alkanes of at least 4 members (excludes halogenated alkanes) is 5. The Morgan fingerprint density at radius 3 is 2.68 bits per heavy atom. The lowest BCUT2D eigenvalue weighted by Crippen LogP contribution is -2.23. The van der Waals surface area contributed by atoms with Crippen LogP contribution < -0.4 is 10.1 Å². The molecule has 0 bridgehead atoms. The Morgan fingerprint density at radius 2 is 1.84 bits per heavy atom. The molecule has 0 aromatic heterocycles. The molecule has 1 N–H and O–H groups in total. The molecule has 0 amide bonds. The molecule has 19 heavy (non-hydrogen) atoms. The molecule has 1 atom stereocenters. The molecule has 1 aromatic carbocycles. The Kier molecular flexibility index (Phi) is 7.92. The van der Waals surface area contributed by atoms with Gasteiger partial charge in [0.1, 0.15) is 12.4 Å². The zero-order chi connectivity index (χ0) is 12.6. The summed E-state index contributed by atoms with van der Waals surface area (Å²) in [6.07, 6.45) is 8.12. The van der Waals surface area contributed by atoms with Crippen molar-refractivity contribution in [2.45, 2.75) is 51.5 Å². The van der Waals surface area contributed by atoms with Gasteiger partial charge in [0.15, 0.2) is 0 Å². The van der Waals surface area contributed by atoms with Gasteiger partial charge in [0.25, 0.3) is 0 Å². The maximum absolute atomic E-state index is 5.66. The first kappa shape index (κ1) is 16.3. The lowest BCUT2D eigenvalue weighted by atomic mass is 10.1. The molecular weight excluding hydrogens is 258 g/mol.